The summed E-state index contributed by atoms with van der Waals surface area (Å²) >= 11 is 0. The molecule has 1 aliphatic heterocycles. The van der Waals surface area contributed by atoms with Crippen molar-refractivity contribution in [1.29, 1.82) is 0 Å². The lowest BCUT2D eigenvalue weighted by molar-refractivity contribution is -0.152. The van der Waals surface area contributed by atoms with Crippen LogP contribution in [0.2, 0.25) is 0 Å². The minimum absolute atomic E-state index is 0.0593. The van der Waals surface area contributed by atoms with Crippen molar-refractivity contribution in [2.75, 3.05) is 7.11 Å². The van der Waals surface area contributed by atoms with Gasteiger partial charge in [-0.2, -0.15) is 0 Å². The Hall–Kier alpha value is -1.53. The molecule has 6 heteroatoms. The van der Waals surface area contributed by atoms with E-state index >= 15 is 0 Å². The molecule has 5 aliphatic rings. The van der Waals surface area contributed by atoms with Crippen LogP contribution >= 0.6 is 0 Å². The van der Waals surface area contributed by atoms with Crippen molar-refractivity contribution in [2.24, 2.45) is 34.0 Å². The van der Waals surface area contributed by atoms with Crippen molar-refractivity contribution in [3.05, 3.63) is 11.1 Å². The van der Waals surface area contributed by atoms with Gasteiger partial charge in [0.25, 0.3) is 0 Å². The van der Waals surface area contributed by atoms with Gasteiger partial charge in [0.1, 0.15) is 23.0 Å². The number of carbonyl (C=O) groups is 3. The maximum atomic E-state index is 14.3. The third-order valence-corrected chi connectivity index (χ3v) is 9.18. The molecule has 3 fully saturated rings. The highest BCUT2D eigenvalue weighted by Crippen LogP contribution is 2.72. The lowest BCUT2D eigenvalue weighted by Gasteiger charge is -2.51. The third kappa shape index (κ3) is 1.88. The number of methoxy groups -OCH3 is 1. The minimum atomic E-state index is -1.36. The number of esters is 1. The van der Waals surface area contributed by atoms with Crippen LogP contribution in [-0.4, -0.2) is 47.6 Å². The Balaban J connectivity index is 1.86. The van der Waals surface area contributed by atoms with Gasteiger partial charge < -0.3 is 14.6 Å². The average Bonchev–Trinajstić information content (AvgIpc) is 3.13. The molecule has 2 bridgehead atoms. The predicted octanol–water partition coefficient (Wildman–Crippen LogP) is 2.61. The van der Waals surface area contributed by atoms with Crippen LogP contribution in [0.4, 0.5) is 0 Å². The van der Waals surface area contributed by atoms with Crippen LogP contribution in [0, 0.1) is 34.0 Å². The Morgan fingerprint density at radius 1 is 1.13 bits per heavy atom. The molecule has 30 heavy (non-hydrogen) atoms. The second kappa shape index (κ2) is 5.63. The fourth-order valence-corrected chi connectivity index (χ4v) is 8.34. The molecule has 2 saturated carbocycles. The quantitative estimate of drug-likeness (QED) is 0.550. The van der Waals surface area contributed by atoms with E-state index in [1.54, 1.807) is 14.0 Å². The summed E-state index contributed by atoms with van der Waals surface area (Å²) < 4.78 is 11.9. The van der Waals surface area contributed by atoms with E-state index in [0.717, 1.165) is 12.8 Å². The molecule has 0 radical (unpaired) electrons. The van der Waals surface area contributed by atoms with Gasteiger partial charge in [-0.25, -0.2) is 0 Å². The average molecular weight is 417 g/mol. The van der Waals surface area contributed by atoms with Crippen LogP contribution in [-0.2, 0) is 23.9 Å². The first kappa shape index (κ1) is 20.4. The molecular formula is C24H32O6. The second-order valence-corrected chi connectivity index (χ2v) is 11.4. The normalized spacial score (nSPS) is 48.7. The molecule has 1 N–H and O–H groups in total. The van der Waals surface area contributed by atoms with Crippen molar-refractivity contribution in [1.82, 2.24) is 0 Å². The fourth-order valence-electron chi connectivity index (χ4n) is 8.34. The summed E-state index contributed by atoms with van der Waals surface area (Å²) in [6.07, 6.45) is 1.13. The van der Waals surface area contributed by atoms with Crippen LogP contribution < -0.4 is 0 Å². The molecule has 5 rings (SSSR count). The van der Waals surface area contributed by atoms with Gasteiger partial charge in [0, 0.05) is 30.9 Å². The number of ketones is 2. The minimum Gasteiger partial charge on any atom is -0.458 e. The molecule has 0 aromatic heterocycles. The number of rotatable bonds is 2. The van der Waals surface area contributed by atoms with Crippen LogP contribution in [0.3, 0.4) is 0 Å². The van der Waals surface area contributed by atoms with E-state index in [4.69, 9.17) is 9.47 Å². The number of fused-ring (bicyclic) bond motifs is 2. The number of carbonyl (C=O) groups excluding carboxylic acids is 3. The zero-order valence-electron chi connectivity index (χ0n) is 18.7. The van der Waals surface area contributed by atoms with E-state index in [1.807, 2.05) is 13.8 Å². The summed E-state index contributed by atoms with van der Waals surface area (Å²) in [5, 5.41) is 11.4. The lowest BCUT2D eigenvalue weighted by Crippen LogP contribution is -2.55. The molecule has 0 spiro atoms. The van der Waals surface area contributed by atoms with E-state index in [2.05, 4.69) is 13.8 Å². The second-order valence-electron chi connectivity index (χ2n) is 11.4. The molecular weight excluding hydrogens is 384 g/mol. The zero-order chi connectivity index (χ0) is 22.0. The van der Waals surface area contributed by atoms with E-state index in [-0.39, 0.29) is 41.2 Å². The number of hydrogen-bond donors (Lipinski definition) is 1. The van der Waals surface area contributed by atoms with Gasteiger partial charge in [0.05, 0.1) is 5.60 Å². The lowest BCUT2D eigenvalue weighted by atomic mass is 9.49. The van der Waals surface area contributed by atoms with E-state index in [0.29, 0.717) is 17.6 Å². The summed E-state index contributed by atoms with van der Waals surface area (Å²) in [5.74, 6) is -1.97. The zero-order valence-corrected chi connectivity index (χ0v) is 18.7. The molecule has 164 valence electrons. The molecule has 6 nitrogen and oxygen atoms in total. The van der Waals surface area contributed by atoms with Crippen LogP contribution in [0.5, 0.6) is 0 Å². The molecule has 0 aromatic rings. The Labute approximate surface area is 177 Å². The maximum Gasteiger partial charge on any atom is 0.317 e. The summed E-state index contributed by atoms with van der Waals surface area (Å²) in [5.41, 5.74) is -2.82. The van der Waals surface area contributed by atoms with Crippen LogP contribution in [0.15, 0.2) is 11.1 Å². The maximum absolute atomic E-state index is 14.3. The molecule has 7 atom stereocenters. The van der Waals surface area contributed by atoms with Crippen molar-refractivity contribution >= 4 is 17.5 Å². The fraction of sp³-hybridized carbons (Fsp3) is 0.792. The van der Waals surface area contributed by atoms with Gasteiger partial charge in [-0.05, 0) is 36.7 Å². The van der Waals surface area contributed by atoms with Gasteiger partial charge >= 0.3 is 5.97 Å². The topological polar surface area (TPSA) is 89.9 Å². The van der Waals surface area contributed by atoms with E-state index < -0.39 is 34.6 Å². The first-order chi connectivity index (χ1) is 13.9. The summed E-state index contributed by atoms with van der Waals surface area (Å²) in [7, 11) is 1.57. The van der Waals surface area contributed by atoms with E-state index in [1.165, 1.54) is 0 Å². The smallest absolute Gasteiger partial charge is 0.317 e. The highest BCUT2D eigenvalue weighted by atomic mass is 16.6. The Bertz CT molecular complexity index is 911. The first-order valence-corrected chi connectivity index (χ1v) is 11.2. The molecule has 1 heterocycles. The van der Waals surface area contributed by atoms with Gasteiger partial charge in [0.2, 0.25) is 0 Å². The Kier molecular flexibility index (Phi) is 3.82. The molecule has 1 saturated heterocycles. The highest BCUT2D eigenvalue weighted by molar-refractivity contribution is 6.22. The number of hydrogen-bond acceptors (Lipinski definition) is 6. The predicted molar refractivity (Wildman–Crippen MR) is 107 cm³/mol. The SMILES string of the molecule is CO[C@H]1C2=C(C(=O)[C@]3(C(C)C)C(=O)C[C@](C)(O)[C@H]23)[C@@]23CCCC(C)(C)[C@@H]2C1OC3=O. The van der Waals surface area contributed by atoms with E-state index in [9.17, 15) is 19.5 Å². The highest BCUT2D eigenvalue weighted by Gasteiger charge is 2.80. The van der Waals surface area contributed by atoms with Gasteiger partial charge in [-0.1, -0.05) is 34.1 Å². The molecule has 0 amide bonds. The summed E-state index contributed by atoms with van der Waals surface area (Å²) in [6.45, 7) is 9.67. The van der Waals surface area contributed by atoms with Crippen molar-refractivity contribution in [2.45, 2.75) is 78.1 Å². The standard InChI is InChI=1S/C24H32O6/c1-11(2)24-12(25)10-22(5,28)17(24)13-14(19(24)26)23-9-7-8-21(3,4)18(23)16(15(13)29-6)30-20(23)27/h11,15-18,28H,7-10H2,1-6H3/t15-,16?,17-,18-,22-,23-,24+/m0/s1. The van der Waals surface area contributed by atoms with Gasteiger partial charge in [-0.15, -0.1) is 0 Å². The largest absolute Gasteiger partial charge is 0.458 e. The summed E-state index contributed by atoms with van der Waals surface area (Å²) in [6, 6.07) is 0. The number of Topliss-reactive ketones (excluding diaryl/α,β-unsaturated/α-hetero) is 2. The number of ether oxygens (including phenoxy) is 2. The first-order valence-electron chi connectivity index (χ1n) is 11.2. The third-order valence-electron chi connectivity index (χ3n) is 9.18. The molecule has 4 aliphatic carbocycles. The Morgan fingerprint density at radius 3 is 2.40 bits per heavy atom. The van der Waals surface area contributed by atoms with Crippen molar-refractivity contribution in [3.63, 3.8) is 0 Å². The monoisotopic (exact) mass is 416 g/mol. The number of aliphatic hydroxyl groups is 1. The Morgan fingerprint density at radius 2 is 1.80 bits per heavy atom. The van der Waals surface area contributed by atoms with Crippen molar-refractivity contribution < 1.29 is 29.0 Å². The molecule has 1 unspecified atom stereocenters. The van der Waals surface area contributed by atoms with Crippen molar-refractivity contribution in [3.8, 4) is 0 Å². The van der Waals surface area contributed by atoms with Crippen LogP contribution in [0.25, 0.3) is 0 Å². The van der Waals surface area contributed by atoms with Gasteiger partial charge in [-0.3, -0.25) is 14.4 Å². The molecule has 0 aromatic carbocycles. The van der Waals surface area contributed by atoms with Crippen LogP contribution in [0.1, 0.15) is 60.3 Å². The van der Waals surface area contributed by atoms with Gasteiger partial charge in [0.15, 0.2) is 11.6 Å². The summed E-state index contributed by atoms with van der Waals surface area (Å²) in [4.78, 5) is 41.2.